The molecule has 1 aliphatic carbocycles. The molecule has 0 aliphatic heterocycles. The molecule has 2 atom stereocenters. The summed E-state index contributed by atoms with van der Waals surface area (Å²) < 4.78 is 0.176. The fraction of sp³-hybridized carbons (Fsp3) is 0.200. The molecule has 2 aromatic rings. The average Bonchev–Trinajstić information content (AvgIpc) is 3.06. The van der Waals surface area contributed by atoms with Crippen LogP contribution in [-0.4, -0.2) is 0 Å². The Morgan fingerprint density at radius 3 is 2.06 bits per heavy atom. The van der Waals surface area contributed by atoms with Gasteiger partial charge in [-0.3, -0.25) is 0 Å². The van der Waals surface area contributed by atoms with E-state index in [9.17, 15) is 0 Å². The van der Waals surface area contributed by atoms with E-state index in [0.717, 1.165) is 0 Å². The van der Waals surface area contributed by atoms with Crippen molar-refractivity contribution in [3.8, 4) is 0 Å². The van der Waals surface area contributed by atoms with Crippen LogP contribution in [0.4, 0.5) is 0 Å². The molecule has 1 saturated carbocycles. The summed E-state index contributed by atoms with van der Waals surface area (Å²) in [6.45, 7) is 0. The lowest BCUT2D eigenvalue weighted by molar-refractivity contribution is 0.976. The van der Waals surface area contributed by atoms with E-state index in [-0.39, 0.29) is 4.32 Å². The zero-order valence-corrected chi connectivity index (χ0v) is 10.5. The molecule has 0 spiro atoms. The molecule has 1 aliphatic rings. The summed E-state index contributed by atoms with van der Waals surface area (Å²) in [6, 6.07) is 21.4. The Kier molecular flexibility index (Phi) is 2.36. The molecule has 2 aromatic carbocycles. The van der Waals surface area contributed by atoms with Gasteiger partial charge in [-0.25, -0.2) is 0 Å². The standard InChI is InChI=1S/C15H13Br/c16-15(13-9-5-2-6-10-13)11-14(15)12-7-3-1-4-8-12/h1-10,14H,11H2/t14-,15-/m0/s1. The summed E-state index contributed by atoms with van der Waals surface area (Å²) in [5, 5.41) is 0. The van der Waals surface area contributed by atoms with Crippen LogP contribution in [0.15, 0.2) is 60.7 Å². The highest BCUT2D eigenvalue weighted by molar-refractivity contribution is 9.09. The number of rotatable bonds is 2. The van der Waals surface area contributed by atoms with Crippen molar-refractivity contribution in [1.29, 1.82) is 0 Å². The third-order valence-corrected chi connectivity index (χ3v) is 4.68. The molecule has 0 amide bonds. The van der Waals surface area contributed by atoms with Gasteiger partial charge < -0.3 is 0 Å². The zero-order valence-electron chi connectivity index (χ0n) is 8.94. The van der Waals surface area contributed by atoms with Crippen LogP contribution in [-0.2, 0) is 4.32 Å². The third-order valence-electron chi connectivity index (χ3n) is 3.35. The number of benzene rings is 2. The van der Waals surface area contributed by atoms with E-state index >= 15 is 0 Å². The Morgan fingerprint density at radius 1 is 0.875 bits per heavy atom. The van der Waals surface area contributed by atoms with Crippen LogP contribution in [0.2, 0.25) is 0 Å². The molecule has 80 valence electrons. The molecule has 0 unspecified atom stereocenters. The van der Waals surface area contributed by atoms with Crippen molar-refractivity contribution in [2.75, 3.05) is 0 Å². The molecule has 0 aromatic heterocycles. The molecule has 16 heavy (non-hydrogen) atoms. The quantitative estimate of drug-likeness (QED) is 0.708. The van der Waals surface area contributed by atoms with Gasteiger partial charge in [0.05, 0.1) is 4.32 Å². The normalized spacial score (nSPS) is 27.7. The first-order chi connectivity index (χ1) is 7.81. The smallest absolute Gasteiger partial charge is 0.0581 e. The Morgan fingerprint density at radius 2 is 1.44 bits per heavy atom. The molecular weight excluding hydrogens is 260 g/mol. The van der Waals surface area contributed by atoms with Crippen molar-refractivity contribution in [2.45, 2.75) is 16.7 Å². The summed E-state index contributed by atoms with van der Waals surface area (Å²) >= 11 is 3.90. The van der Waals surface area contributed by atoms with Crippen LogP contribution in [0, 0.1) is 0 Å². The van der Waals surface area contributed by atoms with Gasteiger partial charge >= 0.3 is 0 Å². The van der Waals surface area contributed by atoms with E-state index in [1.54, 1.807) is 0 Å². The summed E-state index contributed by atoms with van der Waals surface area (Å²) in [5.74, 6) is 0.621. The Labute approximate surface area is 104 Å². The number of hydrogen-bond acceptors (Lipinski definition) is 0. The van der Waals surface area contributed by atoms with Gasteiger partial charge in [-0.2, -0.15) is 0 Å². The van der Waals surface area contributed by atoms with E-state index in [1.807, 2.05) is 0 Å². The van der Waals surface area contributed by atoms with Crippen molar-refractivity contribution in [2.24, 2.45) is 0 Å². The van der Waals surface area contributed by atoms with Crippen LogP contribution >= 0.6 is 15.9 Å². The Balaban J connectivity index is 1.90. The number of hydrogen-bond donors (Lipinski definition) is 0. The maximum atomic E-state index is 3.90. The monoisotopic (exact) mass is 272 g/mol. The predicted molar refractivity (Wildman–Crippen MR) is 70.8 cm³/mol. The first-order valence-electron chi connectivity index (χ1n) is 5.60. The summed E-state index contributed by atoms with van der Waals surface area (Å²) in [6.07, 6.45) is 1.20. The van der Waals surface area contributed by atoms with Crippen molar-refractivity contribution >= 4 is 15.9 Å². The van der Waals surface area contributed by atoms with Crippen LogP contribution in [0.1, 0.15) is 23.5 Å². The van der Waals surface area contributed by atoms with E-state index in [4.69, 9.17) is 0 Å². The van der Waals surface area contributed by atoms with E-state index in [1.165, 1.54) is 17.5 Å². The second-order valence-electron chi connectivity index (χ2n) is 4.40. The first-order valence-corrected chi connectivity index (χ1v) is 6.39. The minimum Gasteiger partial charge on any atom is -0.0794 e. The van der Waals surface area contributed by atoms with Crippen LogP contribution in [0.25, 0.3) is 0 Å². The fourth-order valence-corrected chi connectivity index (χ4v) is 3.19. The minimum absolute atomic E-state index is 0.176. The first kappa shape index (κ1) is 10.1. The SMILES string of the molecule is Br[C@]1(c2ccccc2)C[C@H]1c1ccccc1. The number of alkyl halides is 1. The molecule has 0 bridgehead atoms. The predicted octanol–water partition coefficient (Wildman–Crippen LogP) is 4.46. The van der Waals surface area contributed by atoms with Gasteiger partial charge in [-0.1, -0.05) is 76.6 Å². The van der Waals surface area contributed by atoms with E-state index in [2.05, 4.69) is 76.6 Å². The van der Waals surface area contributed by atoms with E-state index in [0.29, 0.717) is 5.92 Å². The molecule has 0 saturated heterocycles. The maximum Gasteiger partial charge on any atom is 0.0581 e. The summed E-state index contributed by atoms with van der Waals surface area (Å²) in [4.78, 5) is 0. The Bertz CT molecular complexity index is 477. The lowest BCUT2D eigenvalue weighted by atomic mass is 10.0. The van der Waals surface area contributed by atoms with Gasteiger partial charge in [0.2, 0.25) is 0 Å². The van der Waals surface area contributed by atoms with Crippen molar-refractivity contribution in [3.63, 3.8) is 0 Å². The molecule has 0 radical (unpaired) electrons. The topological polar surface area (TPSA) is 0 Å². The van der Waals surface area contributed by atoms with Crippen LogP contribution in [0.5, 0.6) is 0 Å². The molecule has 1 fully saturated rings. The largest absolute Gasteiger partial charge is 0.0794 e. The van der Waals surface area contributed by atoms with Gasteiger partial charge in [-0.05, 0) is 17.5 Å². The highest BCUT2D eigenvalue weighted by atomic mass is 79.9. The molecule has 0 nitrogen and oxygen atoms in total. The minimum atomic E-state index is 0.176. The lowest BCUT2D eigenvalue weighted by Crippen LogP contribution is -1.98. The highest BCUT2D eigenvalue weighted by Gasteiger charge is 2.53. The summed E-state index contributed by atoms with van der Waals surface area (Å²) in [7, 11) is 0. The van der Waals surface area contributed by atoms with Crippen LogP contribution < -0.4 is 0 Å². The fourth-order valence-electron chi connectivity index (χ4n) is 2.34. The molecule has 1 heteroatoms. The summed E-state index contributed by atoms with van der Waals surface area (Å²) in [5.41, 5.74) is 2.83. The van der Waals surface area contributed by atoms with Gasteiger partial charge in [0.25, 0.3) is 0 Å². The van der Waals surface area contributed by atoms with Gasteiger partial charge in [0.1, 0.15) is 0 Å². The molecule has 0 N–H and O–H groups in total. The van der Waals surface area contributed by atoms with Crippen molar-refractivity contribution < 1.29 is 0 Å². The Hall–Kier alpha value is -1.08. The molecular formula is C15H13Br. The second-order valence-corrected chi connectivity index (χ2v) is 5.81. The zero-order chi connectivity index (χ0) is 11.0. The van der Waals surface area contributed by atoms with Gasteiger partial charge in [0.15, 0.2) is 0 Å². The van der Waals surface area contributed by atoms with Crippen molar-refractivity contribution in [3.05, 3.63) is 71.8 Å². The third kappa shape index (κ3) is 1.60. The second kappa shape index (κ2) is 3.74. The highest BCUT2D eigenvalue weighted by Crippen LogP contribution is 2.64. The van der Waals surface area contributed by atoms with Gasteiger partial charge in [-0.15, -0.1) is 0 Å². The van der Waals surface area contributed by atoms with Gasteiger partial charge in [0, 0.05) is 5.92 Å². The molecule has 0 heterocycles. The molecule has 3 rings (SSSR count). The average molecular weight is 273 g/mol. The van der Waals surface area contributed by atoms with E-state index < -0.39 is 0 Å². The number of halogens is 1. The lowest BCUT2D eigenvalue weighted by Gasteiger charge is -2.09. The van der Waals surface area contributed by atoms with Crippen LogP contribution in [0.3, 0.4) is 0 Å². The van der Waals surface area contributed by atoms with Crippen molar-refractivity contribution in [1.82, 2.24) is 0 Å². The maximum absolute atomic E-state index is 3.90.